The first-order valence-corrected chi connectivity index (χ1v) is 5.48. The minimum absolute atomic E-state index is 0.123. The predicted octanol–water partition coefficient (Wildman–Crippen LogP) is 0.299. The minimum Gasteiger partial charge on any atom is -0.330 e. The van der Waals surface area contributed by atoms with E-state index in [0.717, 1.165) is 17.5 Å². The Morgan fingerprint density at radius 2 is 1.62 bits per heavy atom. The van der Waals surface area contributed by atoms with Gasteiger partial charge in [0.1, 0.15) is 10.7 Å². The number of hydrogen-bond donors (Lipinski definition) is 2. The molecule has 2 N–H and O–H groups in total. The highest BCUT2D eigenvalue weighted by Crippen LogP contribution is 2.05. The zero-order valence-corrected chi connectivity index (χ0v) is 8.17. The summed E-state index contributed by atoms with van der Waals surface area (Å²) in [5.74, 6) is 0.123. The van der Waals surface area contributed by atoms with Crippen molar-refractivity contribution in [3.63, 3.8) is 0 Å². The lowest BCUT2D eigenvalue weighted by Gasteiger charge is -1.99. The third-order valence-electron chi connectivity index (χ3n) is 1.77. The van der Waals surface area contributed by atoms with Gasteiger partial charge in [0.15, 0.2) is 0 Å². The molecule has 0 aliphatic heterocycles. The van der Waals surface area contributed by atoms with E-state index in [4.69, 9.17) is 5.73 Å². The summed E-state index contributed by atoms with van der Waals surface area (Å²) in [7, 11) is -2.32. The Morgan fingerprint density at radius 3 is 2.08 bits per heavy atom. The predicted molar refractivity (Wildman–Crippen MR) is 53.2 cm³/mol. The van der Waals surface area contributed by atoms with Crippen LogP contribution in [0, 0.1) is 0 Å². The minimum atomic E-state index is -2.32. The summed E-state index contributed by atoms with van der Waals surface area (Å²) in [6, 6.07) is 7.49. The molecule has 0 amide bonds. The van der Waals surface area contributed by atoms with Crippen molar-refractivity contribution >= 4 is 10.7 Å². The molecule has 0 saturated carbocycles. The van der Waals surface area contributed by atoms with Gasteiger partial charge in [-0.15, -0.1) is 0 Å². The van der Waals surface area contributed by atoms with Crippen molar-refractivity contribution < 1.29 is 8.42 Å². The van der Waals surface area contributed by atoms with Crippen LogP contribution in [0.25, 0.3) is 0 Å². The van der Waals surface area contributed by atoms with Gasteiger partial charge in [-0.2, -0.15) is 0 Å². The zero-order valence-electron chi connectivity index (χ0n) is 7.27. The van der Waals surface area contributed by atoms with Crippen LogP contribution < -0.4 is 5.73 Å². The molecule has 1 aromatic carbocycles. The van der Waals surface area contributed by atoms with Crippen LogP contribution in [-0.2, 0) is 22.9 Å². The zero-order chi connectivity index (χ0) is 9.68. The van der Waals surface area contributed by atoms with E-state index in [2.05, 4.69) is 0 Å². The summed E-state index contributed by atoms with van der Waals surface area (Å²) in [5, 5.41) is 0. The largest absolute Gasteiger partial charge is 0.330 e. The third-order valence-corrected chi connectivity index (χ3v) is 2.39. The number of benzene rings is 1. The number of hydrogen-bond acceptors (Lipinski definition) is 3. The fourth-order valence-corrected chi connectivity index (χ4v) is 1.64. The molecule has 1 aromatic rings. The molecule has 4 heteroatoms. The van der Waals surface area contributed by atoms with E-state index in [9.17, 15) is 8.42 Å². The average molecular weight is 199 g/mol. The molecule has 3 nitrogen and oxygen atoms in total. The molecule has 0 unspecified atom stereocenters. The molecule has 0 aromatic heterocycles. The standard InChI is InChI=1S/C9H13NO2S/c10-6-5-8-1-3-9(4-2-8)7-13(11)12/h1-4,13H,5-7,10H2. The Bertz CT molecular complexity index is 322. The normalized spacial score (nSPS) is 10.6. The quantitative estimate of drug-likeness (QED) is 0.686. The van der Waals surface area contributed by atoms with E-state index in [1.165, 1.54) is 0 Å². The molecule has 0 aliphatic rings. The molecule has 0 fully saturated rings. The van der Waals surface area contributed by atoms with Crippen LogP contribution >= 0.6 is 0 Å². The molecule has 0 saturated heterocycles. The third kappa shape index (κ3) is 3.57. The maximum absolute atomic E-state index is 10.4. The molecule has 0 heterocycles. The van der Waals surface area contributed by atoms with E-state index in [-0.39, 0.29) is 5.75 Å². The molecule has 13 heavy (non-hydrogen) atoms. The van der Waals surface area contributed by atoms with Crippen molar-refractivity contribution in [2.45, 2.75) is 12.2 Å². The van der Waals surface area contributed by atoms with E-state index in [1.807, 2.05) is 24.3 Å². The van der Waals surface area contributed by atoms with E-state index in [0.29, 0.717) is 6.54 Å². The first-order valence-electron chi connectivity index (χ1n) is 4.12. The number of thiol groups is 1. The van der Waals surface area contributed by atoms with Crippen LogP contribution in [0.5, 0.6) is 0 Å². The summed E-state index contributed by atoms with van der Waals surface area (Å²) in [6.07, 6.45) is 0.837. The summed E-state index contributed by atoms with van der Waals surface area (Å²) >= 11 is 0. The number of nitrogens with two attached hydrogens (primary N) is 1. The van der Waals surface area contributed by atoms with Gasteiger partial charge in [-0.25, -0.2) is 8.42 Å². The highest BCUT2D eigenvalue weighted by Gasteiger charge is 1.94. The van der Waals surface area contributed by atoms with E-state index in [1.54, 1.807) is 0 Å². The van der Waals surface area contributed by atoms with Crippen LogP contribution in [0.1, 0.15) is 11.1 Å². The highest BCUT2D eigenvalue weighted by molar-refractivity contribution is 7.71. The molecule has 0 radical (unpaired) electrons. The maximum atomic E-state index is 10.4. The Balaban J connectivity index is 2.69. The monoisotopic (exact) mass is 199 g/mol. The van der Waals surface area contributed by atoms with Crippen LogP contribution in [0.15, 0.2) is 24.3 Å². The van der Waals surface area contributed by atoms with Crippen molar-refractivity contribution in [2.24, 2.45) is 5.73 Å². The Morgan fingerprint density at radius 1 is 1.08 bits per heavy atom. The fourth-order valence-electron chi connectivity index (χ4n) is 1.13. The lowest BCUT2D eigenvalue weighted by atomic mass is 10.1. The lowest BCUT2D eigenvalue weighted by Crippen LogP contribution is -2.02. The molecular formula is C9H13NO2S. The average Bonchev–Trinajstić information content (AvgIpc) is 2.08. The van der Waals surface area contributed by atoms with Crippen LogP contribution in [-0.4, -0.2) is 15.0 Å². The summed E-state index contributed by atoms with van der Waals surface area (Å²) in [4.78, 5) is 0. The second kappa shape index (κ2) is 4.99. The first kappa shape index (κ1) is 10.2. The molecule has 0 spiro atoms. The van der Waals surface area contributed by atoms with Gasteiger partial charge >= 0.3 is 0 Å². The molecule has 0 bridgehead atoms. The second-order valence-electron chi connectivity index (χ2n) is 2.85. The highest BCUT2D eigenvalue weighted by atomic mass is 32.2. The van der Waals surface area contributed by atoms with Gasteiger partial charge < -0.3 is 5.73 Å². The van der Waals surface area contributed by atoms with Gasteiger partial charge in [0.05, 0.1) is 5.75 Å². The van der Waals surface area contributed by atoms with Crippen molar-refractivity contribution in [3.8, 4) is 0 Å². The van der Waals surface area contributed by atoms with Gasteiger partial charge in [-0.05, 0) is 24.1 Å². The van der Waals surface area contributed by atoms with Crippen molar-refractivity contribution in [3.05, 3.63) is 35.4 Å². The van der Waals surface area contributed by atoms with Crippen LogP contribution in [0.2, 0.25) is 0 Å². The molecule has 72 valence electrons. The summed E-state index contributed by atoms with van der Waals surface area (Å²) in [5.41, 5.74) is 7.36. The van der Waals surface area contributed by atoms with Gasteiger partial charge in [0.25, 0.3) is 0 Å². The lowest BCUT2D eigenvalue weighted by molar-refractivity contribution is 0.614. The van der Waals surface area contributed by atoms with Gasteiger partial charge in [0.2, 0.25) is 0 Å². The van der Waals surface area contributed by atoms with Crippen LogP contribution in [0.3, 0.4) is 0 Å². The van der Waals surface area contributed by atoms with Gasteiger partial charge in [0, 0.05) is 0 Å². The Kier molecular flexibility index (Phi) is 3.92. The van der Waals surface area contributed by atoms with E-state index >= 15 is 0 Å². The summed E-state index contributed by atoms with van der Waals surface area (Å²) < 4.78 is 20.8. The van der Waals surface area contributed by atoms with Crippen molar-refractivity contribution in [1.29, 1.82) is 0 Å². The van der Waals surface area contributed by atoms with Crippen molar-refractivity contribution in [1.82, 2.24) is 0 Å². The topological polar surface area (TPSA) is 60.2 Å². The molecule has 0 aliphatic carbocycles. The molecule has 1 rings (SSSR count). The van der Waals surface area contributed by atoms with Crippen LogP contribution in [0.4, 0.5) is 0 Å². The van der Waals surface area contributed by atoms with Crippen molar-refractivity contribution in [2.75, 3.05) is 6.54 Å². The molecule has 0 atom stereocenters. The first-order chi connectivity index (χ1) is 6.22. The van der Waals surface area contributed by atoms with Gasteiger partial charge in [-0.3, -0.25) is 0 Å². The second-order valence-corrected chi connectivity index (χ2v) is 3.83. The van der Waals surface area contributed by atoms with E-state index < -0.39 is 10.7 Å². The maximum Gasteiger partial charge on any atom is 0.144 e. The Labute approximate surface area is 79.5 Å². The van der Waals surface area contributed by atoms with Gasteiger partial charge in [-0.1, -0.05) is 24.3 Å². The SMILES string of the molecule is NCCc1ccc(C[SH](=O)=O)cc1. The molecular weight excluding hydrogens is 186 g/mol. The smallest absolute Gasteiger partial charge is 0.144 e. The number of rotatable bonds is 4. The summed E-state index contributed by atoms with van der Waals surface area (Å²) in [6.45, 7) is 0.620. The fraction of sp³-hybridized carbons (Fsp3) is 0.333. The Hall–Kier alpha value is -0.870.